The second kappa shape index (κ2) is 7.22. The van der Waals surface area contributed by atoms with Crippen molar-refractivity contribution in [1.82, 2.24) is 9.97 Å². The highest BCUT2D eigenvalue weighted by molar-refractivity contribution is 6.10. The van der Waals surface area contributed by atoms with Crippen LogP contribution in [-0.4, -0.2) is 34.0 Å². The number of likely N-dealkylation sites (N-methyl/N-ethyl adjacent to an activating group) is 1. The number of hydrogen-bond donors (Lipinski definition) is 2. The van der Waals surface area contributed by atoms with E-state index in [1.54, 1.807) is 37.1 Å². The third-order valence-corrected chi connectivity index (χ3v) is 7.32. The molecule has 1 fully saturated rings. The number of aromatic nitrogens is 2. The quantitative estimate of drug-likeness (QED) is 0.575. The topological polar surface area (TPSA) is 95.4 Å². The number of carboxylic acid groups (broad SMARTS) is 1. The fraction of sp³-hybridized carbons (Fsp3) is 0.385. The first-order chi connectivity index (χ1) is 16.0. The van der Waals surface area contributed by atoms with Crippen LogP contribution in [0.2, 0.25) is 0 Å². The average molecular weight is 463 g/mol. The minimum atomic E-state index is -1.12. The van der Waals surface area contributed by atoms with E-state index < -0.39 is 28.7 Å². The highest BCUT2D eigenvalue weighted by atomic mass is 19.1. The van der Waals surface area contributed by atoms with Crippen LogP contribution >= 0.6 is 0 Å². The number of fused-ring (bicyclic) bond motifs is 2. The Hall–Kier alpha value is -3.55. The standard InChI is InChI=1S/C26H27FN4O3/c1-13(15-7-6-8-17(21(15)27)26(9-10-26)24(33)34)28-22-16-11-20-18(12-19(16)29-14(2)30-22)25(3,4)23(32)31(20)5/h6-8,11-13H,9-10H2,1-5H3,(H,33,34)(H,28,29,30). The number of hydrogen-bond acceptors (Lipinski definition) is 5. The summed E-state index contributed by atoms with van der Waals surface area (Å²) in [5.41, 5.74) is 1.25. The number of amides is 1. The highest BCUT2D eigenvalue weighted by Gasteiger charge is 2.53. The van der Waals surface area contributed by atoms with Crippen LogP contribution in [0.5, 0.6) is 0 Å². The van der Waals surface area contributed by atoms with Crippen molar-refractivity contribution < 1.29 is 19.1 Å². The summed E-state index contributed by atoms with van der Waals surface area (Å²) in [5.74, 6) is -0.388. The molecule has 2 heterocycles. The van der Waals surface area contributed by atoms with E-state index in [0.717, 1.165) is 16.6 Å². The smallest absolute Gasteiger partial charge is 0.314 e. The van der Waals surface area contributed by atoms with Crippen LogP contribution in [0.4, 0.5) is 15.9 Å². The van der Waals surface area contributed by atoms with Gasteiger partial charge in [-0.2, -0.15) is 0 Å². The number of carbonyl (C=O) groups is 2. The molecule has 1 saturated carbocycles. The predicted octanol–water partition coefficient (Wildman–Crippen LogP) is 4.62. The Labute approximate surface area is 197 Å². The minimum Gasteiger partial charge on any atom is -0.481 e. The number of aryl methyl sites for hydroxylation is 1. The van der Waals surface area contributed by atoms with E-state index in [9.17, 15) is 14.7 Å². The molecule has 1 aliphatic carbocycles. The molecule has 0 radical (unpaired) electrons. The Morgan fingerprint density at radius 3 is 2.56 bits per heavy atom. The largest absolute Gasteiger partial charge is 0.481 e. The lowest BCUT2D eigenvalue weighted by atomic mass is 9.85. The number of halogens is 1. The molecule has 1 aliphatic heterocycles. The van der Waals surface area contributed by atoms with Gasteiger partial charge in [0.2, 0.25) is 5.91 Å². The lowest BCUT2D eigenvalue weighted by Crippen LogP contribution is -2.33. The lowest BCUT2D eigenvalue weighted by molar-refractivity contribution is -0.140. The summed E-state index contributed by atoms with van der Waals surface area (Å²) in [6.45, 7) is 7.41. The lowest BCUT2D eigenvalue weighted by Gasteiger charge is -2.21. The Balaban J connectivity index is 1.57. The normalized spacial score (nSPS) is 18.6. The van der Waals surface area contributed by atoms with Crippen molar-refractivity contribution >= 4 is 34.3 Å². The molecule has 0 bridgehead atoms. The number of nitrogens with zero attached hydrogens (tertiary/aromatic N) is 3. The van der Waals surface area contributed by atoms with Crippen molar-refractivity contribution in [2.24, 2.45) is 0 Å². The van der Waals surface area contributed by atoms with Crippen molar-refractivity contribution in [3.63, 3.8) is 0 Å². The molecule has 2 N–H and O–H groups in total. The van der Waals surface area contributed by atoms with Gasteiger partial charge in [-0.05, 0) is 58.2 Å². The molecule has 2 aromatic carbocycles. The molecule has 8 heteroatoms. The molecular weight excluding hydrogens is 435 g/mol. The molecule has 1 aromatic heterocycles. The van der Waals surface area contributed by atoms with Crippen LogP contribution in [0.25, 0.3) is 10.9 Å². The van der Waals surface area contributed by atoms with Crippen LogP contribution in [0.3, 0.4) is 0 Å². The number of rotatable bonds is 5. The summed E-state index contributed by atoms with van der Waals surface area (Å²) in [5, 5.41) is 13.7. The van der Waals surface area contributed by atoms with Gasteiger partial charge in [-0.1, -0.05) is 18.2 Å². The van der Waals surface area contributed by atoms with E-state index in [1.165, 1.54) is 0 Å². The predicted molar refractivity (Wildman–Crippen MR) is 128 cm³/mol. The first kappa shape index (κ1) is 22.3. The maximum atomic E-state index is 15.5. The zero-order valence-corrected chi connectivity index (χ0v) is 19.9. The molecule has 5 rings (SSSR count). The summed E-state index contributed by atoms with van der Waals surface area (Å²) in [4.78, 5) is 35.3. The Morgan fingerprint density at radius 2 is 1.91 bits per heavy atom. The van der Waals surface area contributed by atoms with Crippen LogP contribution in [0.15, 0.2) is 30.3 Å². The van der Waals surface area contributed by atoms with Gasteiger partial charge in [0.1, 0.15) is 17.5 Å². The summed E-state index contributed by atoms with van der Waals surface area (Å²) in [7, 11) is 1.75. The zero-order valence-electron chi connectivity index (χ0n) is 19.9. The molecular formula is C26H27FN4O3. The summed E-state index contributed by atoms with van der Waals surface area (Å²) in [6, 6.07) is 8.29. The fourth-order valence-corrected chi connectivity index (χ4v) is 5.07. The van der Waals surface area contributed by atoms with E-state index in [0.29, 0.717) is 35.6 Å². The number of anilines is 2. The summed E-state index contributed by atoms with van der Waals surface area (Å²) < 4.78 is 15.5. The zero-order chi connectivity index (χ0) is 24.6. The fourth-order valence-electron chi connectivity index (χ4n) is 5.07. The Kier molecular flexibility index (Phi) is 4.73. The number of carboxylic acids is 1. The maximum absolute atomic E-state index is 15.5. The van der Waals surface area contributed by atoms with Gasteiger partial charge < -0.3 is 15.3 Å². The third-order valence-electron chi connectivity index (χ3n) is 7.32. The average Bonchev–Trinajstić information content (AvgIpc) is 3.56. The van der Waals surface area contributed by atoms with Crippen molar-refractivity contribution in [1.29, 1.82) is 0 Å². The van der Waals surface area contributed by atoms with Crippen LogP contribution in [0.1, 0.15) is 62.2 Å². The second-order valence-corrected chi connectivity index (χ2v) is 9.96. The van der Waals surface area contributed by atoms with Gasteiger partial charge in [0.25, 0.3) is 0 Å². The van der Waals surface area contributed by atoms with Crippen molar-refractivity contribution in [2.75, 3.05) is 17.3 Å². The van der Waals surface area contributed by atoms with Crippen molar-refractivity contribution in [3.05, 3.63) is 58.7 Å². The molecule has 2 aliphatic rings. The molecule has 1 atom stereocenters. The van der Waals surface area contributed by atoms with Gasteiger partial charge in [-0.3, -0.25) is 9.59 Å². The van der Waals surface area contributed by atoms with Crippen LogP contribution in [0, 0.1) is 12.7 Å². The van der Waals surface area contributed by atoms with Crippen molar-refractivity contribution in [2.45, 2.75) is 57.4 Å². The maximum Gasteiger partial charge on any atom is 0.314 e. The summed E-state index contributed by atoms with van der Waals surface area (Å²) in [6.07, 6.45) is 0.877. The van der Waals surface area contributed by atoms with Crippen molar-refractivity contribution in [3.8, 4) is 0 Å². The third kappa shape index (κ3) is 3.08. The monoisotopic (exact) mass is 462 g/mol. The second-order valence-electron chi connectivity index (χ2n) is 9.96. The molecule has 34 heavy (non-hydrogen) atoms. The van der Waals surface area contributed by atoms with Crippen LogP contribution in [-0.2, 0) is 20.4 Å². The Bertz CT molecular complexity index is 1380. The van der Waals surface area contributed by atoms with E-state index in [2.05, 4.69) is 15.3 Å². The van der Waals surface area contributed by atoms with Gasteiger partial charge in [-0.25, -0.2) is 14.4 Å². The van der Waals surface area contributed by atoms with E-state index in [4.69, 9.17) is 0 Å². The van der Waals surface area contributed by atoms with E-state index in [1.807, 2.05) is 32.9 Å². The number of nitrogens with one attached hydrogen (secondary N) is 1. The molecule has 176 valence electrons. The van der Waals surface area contributed by atoms with Gasteiger partial charge in [0.05, 0.1) is 22.4 Å². The molecule has 1 amide bonds. The minimum absolute atomic E-state index is 0.0108. The molecule has 1 unspecified atom stereocenters. The number of aliphatic carboxylic acids is 1. The SMILES string of the molecule is Cc1nc(NC(C)c2cccc(C3(C(=O)O)CC3)c2F)c2cc3c(cc2n1)C(C)(C)C(=O)N3C. The van der Waals surface area contributed by atoms with E-state index >= 15 is 4.39 Å². The first-order valence-corrected chi connectivity index (χ1v) is 11.4. The molecule has 7 nitrogen and oxygen atoms in total. The molecule has 0 spiro atoms. The van der Waals surface area contributed by atoms with Gasteiger partial charge in [-0.15, -0.1) is 0 Å². The van der Waals surface area contributed by atoms with E-state index in [-0.39, 0.29) is 11.5 Å². The van der Waals surface area contributed by atoms with Gasteiger partial charge >= 0.3 is 5.97 Å². The number of benzene rings is 2. The van der Waals surface area contributed by atoms with Gasteiger partial charge in [0.15, 0.2) is 0 Å². The van der Waals surface area contributed by atoms with Crippen LogP contribution < -0.4 is 10.2 Å². The first-order valence-electron chi connectivity index (χ1n) is 11.4. The summed E-state index contributed by atoms with van der Waals surface area (Å²) >= 11 is 0. The Morgan fingerprint density at radius 1 is 1.21 bits per heavy atom. The van der Waals surface area contributed by atoms with Gasteiger partial charge in [0, 0.05) is 29.2 Å². The molecule has 0 saturated heterocycles. The molecule has 3 aromatic rings. The highest BCUT2D eigenvalue weighted by Crippen LogP contribution is 2.50. The number of carbonyl (C=O) groups excluding carboxylic acids is 1.